The third kappa shape index (κ3) is 1.95. The zero-order valence-corrected chi connectivity index (χ0v) is 7.64. The predicted octanol–water partition coefficient (Wildman–Crippen LogP) is 0.196. The topological polar surface area (TPSA) is 50.4 Å². The van der Waals surface area contributed by atoms with E-state index in [1.54, 1.807) is 0 Å². The third-order valence-corrected chi connectivity index (χ3v) is 2.31. The zero-order chi connectivity index (χ0) is 9.03. The van der Waals surface area contributed by atoms with Gasteiger partial charge in [0.15, 0.2) is 0 Å². The van der Waals surface area contributed by atoms with Gasteiger partial charge in [0.2, 0.25) is 0 Å². The number of hydrogen-bond donors (Lipinski definition) is 2. The van der Waals surface area contributed by atoms with Crippen molar-refractivity contribution in [3.05, 3.63) is 0 Å². The zero-order valence-electron chi connectivity index (χ0n) is 7.64. The van der Waals surface area contributed by atoms with E-state index in [0.717, 1.165) is 25.8 Å². The summed E-state index contributed by atoms with van der Waals surface area (Å²) in [5.74, 6) is -0.0790. The SMILES string of the molecule is CONC(=O)C1(C)CCCCN1. The summed E-state index contributed by atoms with van der Waals surface area (Å²) in [7, 11) is 1.45. The lowest BCUT2D eigenvalue weighted by Crippen LogP contribution is -2.56. The molecule has 0 spiro atoms. The number of amides is 1. The molecule has 4 nitrogen and oxygen atoms in total. The molecule has 0 aromatic rings. The highest BCUT2D eigenvalue weighted by Gasteiger charge is 2.34. The Kier molecular flexibility index (Phi) is 3.05. The van der Waals surface area contributed by atoms with Crippen LogP contribution in [-0.4, -0.2) is 25.1 Å². The number of hydroxylamine groups is 1. The van der Waals surface area contributed by atoms with Gasteiger partial charge < -0.3 is 5.32 Å². The van der Waals surface area contributed by atoms with Gasteiger partial charge in [0.05, 0.1) is 12.6 Å². The summed E-state index contributed by atoms with van der Waals surface area (Å²) in [4.78, 5) is 16.0. The van der Waals surface area contributed by atoms with Crippen LogP contribution in [0.4, 0.5) is 0 Å². The second-order valence-electron chi connectivity index (χ2n) is 3.35. The summed E-state index contributed by atoms with van der Waals surface area (Å²) in [6, 6.07) is 0. The van der Waals surface area contributed by atoms with Crippen LogP contribution < -0.4 is 10.8 Å². The summed E-state index contributed by atoms with van der Waals surface area (Å²) >= 11 is 0. The lowest BCUT2D eigenvalue weighted by Gasteiger charge is -2.32. The lowest BCUT2D eigenvalue weighted by molar-refractivity contribution is -0.138. The van der Waals surface area contributed by atoms with Gasteiger partial charge in [0.1, 0.15) is 0 Å². The molecule has 1 unspecified atom stereocenters. The van der Waals surface area contributed by atoms with E-state index >= 15 is 0 Å². The Morgan fingerprint density at radius 1 is 1.58 bits per heavy atom. The van der Waals surface area contributed by atoms with E-state index < -0.39 is 5.54 Å². The van der Waals surface area contributed by atoms with Crippen molar-refractivity contribution in [1.29, 1.82) is 0 Å². The van der Waals surface area contributed by atoms with E-state index in [1.165, 1.54) is 7.11 Å². The predicted molar refractivity (Wildman–Crippen MR) is 45.4 cm³/mol. The molecule has 2 N–H and O–H groups in total. The largest absolute Gasteiger partial charge is 0.303 e. The van der Waals surface area contributed by atoms with E-state index in [-0.39, 0.29) is 5.91 Å². The van der Waals surface area contributed by atoms with Gasteiger partial charge in [0, 0.05) is 0 Å². The molecule has 1 rings (SSSR count). The summed E-state index contributed by atoms with van der Waals surface area (Å²) in [6.07, 6.45) is 3.12. The van der Waals surface area contributed by atoms with Gasteiger partial charge in [-0.25, -0.2) is 5.48 Å². The van der Waals surface area contributed by atoms with Gasteiger partial charge in [-0.05, 0) is 32.7 Å². The van der Waals surface area contributed by atoms with Gasteiger partial charge in [-0.3, -0.25) is 9.63 Å². The van der Waals surface area contributed by atoms with Crippen LogP contribution in [0.2, 0.25) is 0 Å². The van der Waals surface area contributed by atoms with E-state index in [9.17, 15) is 4.79 Å². The number of rotatable bonds is 2. The molecule has 0 aliphatic carbocycles. The third-order valence-electron chi connectivity index (χ3n) is 2.31. The maximum Gasteiger partial charge on any atom is 0.263 e. The van der Waals surface area contributed by atoms with Crippen molar-refractivity contribution in [2.24, 2.45) is 0 Å². The first kappa shape index (κ1) is 9.48. The van der Waals surface area contributed by atoms with Crippen LogP contribution in [-0.2, 0) is 9.63 Å². The second kappa shape index (κ2) is 3.87. The molecule has 0 radical (unpaired) electrons. The molecular formula is C8H16N2O2. The molecule has 1 aliphatic rings. The average Bonchev–Trinajstić information content (AvgIpc) is 2.06. The van der Waals surface area contributed by atoms with E-state index in [4.69, 9.17) is 0 Å². The molecule has 4 heteroatoms. The van der Waals surface area contributed by atoms with Crippen LogP contribution in [0.5, 0.6) is 0 Å². The molecule has 1 amide bonds. The number of nitrogens with one attached hydrogen (secondary N) is 2. The minimum atomic E-state index is -0.436. The molecule has 1 fully saturated rings. The number of hydrogen-bond acceptors (Lipinski definition) is 3. The first-order valence-electron chi connectivity index (χ1n) is 4.27. The number of carbonyl (C=O) groups is 1. The van der Waals surface area contributed by atoms with Crippen molar-refractivity contribution in [2.75, 3.05) is 13.7 Å². The Balaban J connectivity index is 2.50. The molecule has 12 heavy (non-hydrogen) atoms. The Morgan fingerprint density at radius 3 is 2.83 bits per heavy atom. The molecule has 1 heterocycles. The minimum absolute atomic E-state index is 0.0790. The molecule has 0 aromatic heterocycles. The summed E-state index contributed by atoms with van der Waals surface area (Å²) in [5, 5.41) is 3.19. The molecule has 0 bridgehead atoms. The van der Waals surface area contributed by atoms with Gasteiger partial charge in [0.25, 0.3) is 5.91 Å². The first-order valence-corrected chi connectivity index (χ1v) is 4.27. The van der Waals surface area contributed by atoms with Crippen LogP contribution in [0.25, 0.3) is 0 Å². The van der Waals surface area contributed by atoms with Gasteiger partial charge in [-0.15, -0.1) is 0 Å². The van der Waals surface area contributed by atoms with Crippen molar-refractivity contribution in [1.82, 2.24) is 10.8 Å². The molecule has 1 aliphatic heterocycles. The molecule has 70 valence electrons. The van der Waals surface area contributed by atoms with Gasteiger partial charge in [-0.2, -0.15) is 0 Å². The highest BCUT2D eigenvalue weighted by Crippen LogP contribution is 2.18. The van der Waals surface area contributed by atoms with E-state index in [2.05, 4.69) is 15.6 Å². The molecule has 1 atom stereocenters. The fourth-order valence-electron chi connectivity index (χ4n) is 1.46. The van der Waals surface area contributed by atoms with Crippen LogP contribution in [0.15, 0.2) is 0 Å². The van der Waals surface area contributed by atoms with E-state index in [0.29, 0.717) is 0 Å². The summed E-state index contributed by atoms with van der Waals surface area (Å²) in [6.45, 7) is 2.81. The van der Waals surface area contributed by atoms with Crippen LogP contribution in [0.1, 0.15) is 26.2 Å². The van der Waals surface area contributed by atoms with Gasteiger partial charge in [-0.1, -0.05) is 0 Å². The van der Waals surface area contributed by atoms with Crippen LogP contribution in [0.3, 0.4) is 0 Å². The fraction of sp³-hybridized carbons (Fsp3) is 0.875. The standard InChI is InChI=1S/C8H16N2O2/c1-8(7(11)10-12-2)5-3-4-6-9-8/h9H,3-6H2,1-2H3,(H,10,11). The Bertz CT molecular complexity index is 164. The van der Waals surface area contributed by atoms with Crippen molar-refractivity contribution in [2.45, 2.75) is 31.7 Å². The second-order valence-corrected chi connectivity index (χ2v) is 3.35. The molecule has 1 saturated heterocycles. The fourth-order valence-corrected chi connectivity index (χ4v) is 1.46. The lowest BCUT2D eigenvalue weighted by atomic mass is 9.90. The number of carbonyl (C=O) groups excluding carboxylic acids is 1. The first-order chi connectivity index (χ1) is 5.69. The van der Waals surface area contributed by atoms with Crippen molar-refractivity contribution >= 4 is 5.91 Å². The van der Waals surface area contributed by atoms with Crippen molar-refractivity contribution < 1.29 is 9.63 Å². The van der Waals surface area contributed by atoms with Crippen molar-refractivity contribution in [3.8, 4) is 0 Å². The number of piperidine rings is 1. The quantitative estimate of drug-likeness (QED) is 0.585. The smallest absolute Gasteiger partial charge is 0.263 e. The monoisotopic (exact) mass is 172 g/mol. The molecule has 0 saturated carbocycles. The van der Waals surface area contributed by atoms with Crippen molar-refractivity contribution in [3.63, 3.8) is 0 Å². The van der Waals surface area contributed by atoms with E-state index in [1.807, 2.05) is 6.92 Å². The Hall–Kier alpha value is -0.610. The average molecular weight is 172 g/mol. The Morgan fingerprint density at radius 2 is 2.33 bits per heavy atom. The highest BCUT2D eigenvalue weighted by molar-refractivity contribution is 5.85. The van der Waals surface area contributed by atoms with Crippen LogP contribution >= 0.6 is 0 Å². The minimum Gasteiger partial charge on any atom is -0.303 e. The maximum absolute atomic E-state index is 11.4. The Labute approximate surface area is 72.6 Å². The van der Waals surface area contributed by atoms with Crippen LogP contribution in [0, 0.1) is 0 Å². The summed E-state index contributed by atoms with van der Waals surface area (Å²) < 4.78 is 0. The molecule has 0 aromatic carbocycles. The molecular weight excluding hydrogens is 156 g/mol. The maximum atomic E-state index is 11.4. The highest BCUT2D eigenvalue weighted by atomic mass is 16.6. The normalized spacial score (nSPS) is 29.8. The van der Waals surface area contributed by atoms with Gasteiger partial charge >= 0.3 is 0 Å². The summed E-state index contributed by atoms with van der Waals surface area (Å²) in [5.41, 5.74) is 1.92.